The summed E-state index contributed by atoms with van der Waals surface area (Å²) in [6, 6.07) is 26.7. The first-order valence-electron chi connectivity index (χ1n) is 12.9. The highest BCUT2D eigenvalue weighted by molar-refractivity contribution is 5.81. The molecule has 1 heterocycles. The molecule has 1 aromatic heterocycles. The first-order chi connectivity index (χ1) is 21.4. The summed E-state index contributed by atoms with van der Waals surface area (Å²) in [4.78, 5) is 34.3. The molecule has 0 aliphatic rings. The molecule has 0 atom stereocenters. The fourth-order valence-corrected chi connectivity index (χ4v) is 3.82. The van der Waals surface area contributed by atoms with E-state index in [1.165, 1.54) is 19.4 Å². The van der Waals surface area contributed by atoms with Crippen molar-refractivity contribution < 1.29 is 19.3 Å². The number of aromatic nitrogens is 3. The maximum atomic E-state index is 11.5. The van der Waals surface area contributed by atoms with Crippen molar-refractivity contribution in [3.63, 3.8) is 0 Å². The summed E-state index contributed by atoms with van der Waals surface area (Å²) in [6.45, 7) is 0. The predicted molar refractivity (Wildman–Crippen MR) is 163 cm³/mol. The van der Waals surface area contributed by atoms with Crippen LogP contribution < -0.4 is 25.5 Å². The zero-order chi connectivity index (χ0) is 30.9. The lowest BCUT2D eigenvalue weighted by molar-refractivity contribution is -0.394. The minimum absolute atomic E-state index is 0.153. The van der Waals surface area contributed by atoms with E-state index in [2.05, 4.69) is 36.1 Å². The van der Waals surface area contributed by atoms with Gasteiger partial charge in [0.1, 0.15) is 0 Å². The van der Waals surface area contributed by atoms with Gasteiger partial charge in [-0.05, 0) is 54.1 Å². The summed E-state index contributed by atoms with van der Waals surface area (Å²) in [7, 11) is 1.40. The molecule has 0 amide bonds. The topological polar surface area (TPSA) is 192 Å². The molecule has 0 bridgehead atoms. The van der Waals surface area contributed by atoms with Crippen LogP contribution in [0, 0.1) is 20.2 Å². The second-order valence-corrected chi connectivity index (χ2v) is 8.84. The van der Waals surface area contributed by atoms with Crippen LogP contribution in [0.25, 0.3) is 0 Å². The average Bonchev–Trinajstić information content (AvgIpc) is 3.02. The number of hydrogen-bond acceptors (Lipinski definition) is 13. The van der Waals surface area contributed by atoms with Gasteiger partial charge in [0.05, 0.1) is 29.2 Å². The molecule has 0 radical (unpaired) electrons. The van der Waals surface area contributed by atoms with Gasteiger partial charge in [0.25, 0.3) is 5.69 Å². The van der Waals surface area contributed by atoms with Crippen molar-refractivity contribution in [1.29, 1.82) is 0 Å². The second-order valence-electron chi connectivity index (χ2n) is 8.84. The van der Waals surface area contributed by atoms with Crippen molar-refractivity contribution >= 4 is 46.8 Å². The minimum atomic E-state index is -0.760. The van der Waals surface area contributed by atoms with Gasteiger partial charge in [-0.1, -0.05) is 36.4 Å². The van der Waals surface area contributed by atoms with Crippen molar-refractivity contribution in [1.82, 2.24) is 15.0 Å². The molecular formula is C29H23N9O6. The lowest BCUT2D eigenvalue weighted by atomic mass is 10.2. The normalized spacial score (nSPS) is 10.7. The van der Waals surface area contributed by atoms with Gasteiger partial charge in [-0.15, -0.1) is 0 Å². The minimum Gasteiger partial charge on any atom is -0.493 e. The van der Waals surface area contributed by atoms with Crippen LogP contribution in [0.15, 0.2) is 102 Å². The summed E-state index contributed by atoms with van der Waals surface area (Å²) in [5, 5.41) is 33.0. The summed E-state index contributed by atoms with van der Waals surface area (Å²) < 4.78 is 11.1. The SMILES string of the molecule is COc1cc(C=NNc2nc(Nc3ccccc3)nc(Nc3ccccc3)n2)ccc1Oc1ccc([N+](=O)[O-])cc1[N+](=O)[O-]. The molecular weight excluding hydrogens is 570 g/mol. The van der Waals surface area contributed by atoms with Gasteiger partial charge in [-0.2, -0.15) is 20.1 Å². The highest BCUT2D eigenvalue weighted by Gasteiger charge is 2.22. The Bertz CT molecular complexity index is 1760. The van der Waals surface area contributed by atoms with Gasteiger partial charge >= 0.3 is 5.69 Å². The number of benzene rings is 4. The Morgan fingerprint density at radius 3 is 1.86 bits per heavy atom. The highest BCUT2D eigenvalue weighted by Crippen LogP contribution is 2.38. The van der Waals surface area contributed by atoms with Crippen LogP contribution >= 0.6 is 0 Å². The van der Waals surface area contributed by atoms with Crippen LogP contribution in [0.2, 0.25) is 0 Å². The first-order valence-corrected chi connectivity index (χ1v) is 12.9. The van der Waals surface area contributed by atoms with Gasteiger partial charge in [-0.3, -0.25) is 20.2 Å². The first kappa shape index (κ1) is 28.9. The number of rotatable bonds is 12. The average molecular weight is 594 g/mol. The summed E-state index contributed by atoms with van der Waals surface area (Å²) in [5.74, 6) is 0.935. The molecule has 4 aromatic carbocycles. The number of nitro groups is 2. The molecule has 0 saturated heterocycles. The van der Waals surface area contributed by atoms with Crippen LogP contribution in [-0.2, 0) is 0 Å². The van der Waals surface area contributed by atoms with Gasteiger partial charge in [0.15, 0.2) is 11.5 Å². The number of nitrogens with one attached hydrogen (secondary N) is 3. The largest absolute Gasteiger partial charge is 0.493 e. The van der Waals surface area contributed by atoms with Crippen LogP contribution in [0.1, 0.15) is 5.56 Å². The van der Waals surface area contributed by atoms with E-state index in [1.54, 1.807) is 12.1 Å². The molecule has 5 rings (SSSR count). The molecule has 0 aliphatic carbocycles. The molecule has 0 saturated carbocycles. The third kappa shape index (κ3) is 7.35. The number of ether oxygens (including phenoxy) is 2. The van der Waals surface area contributed by atoms with Crippen molar-refractivity contribution in [2.24, 2.45) is 5.10 Å². The predicted octanol–water partition coefficient (Wildman–Crippen LogP) is 6.42. The lowest BCUT2D eigenvalue weighted by Crippen LogP contribution is -2.07. The lowest BCUT2D eigenvalue weighted by Gasteiger charge is -2.11. The number of hydrogen-bond donors (Lipinski definition) is 3. The summed E-state index contributed by atoms with van der Waals surface area (Å²) >= 11 is 0. The van der Waals surface area contributed by atoms with Gasteiger partial charge < -0.3 is 20.1 Å². The smallest absolute Gasteiger partial charge is 0.318 e. The monoisotopic (exact) mass is 593 g/mol. The van der Waals surface area contributed by atoms with Crippen molar-refractivity contribution in [3.8, 4) is 17.2 Å². The standard InChI is InChI=1S/C29H23N9O6/c1-43-26-16-19(12-14-25(26)44-24-15-13-22(37(39)40)17-23(24)38(41)42)18-30-36-29-34-27(31-20-8-4-2-5-9-20)33-28(35-29)32-21-10-6-3-7-11-21/h2-18H,1H3,(H3,31,32,33,34,35,36). The molecule has 0 aliphatic heterocycles. The van der Waals surface area contributed by atoms with Crippen LogP contribution in [-0.4, -0.2) is 38.1 Å². The summed E-state index contributed by atoms with van der Waals surface area (Å²) in [6.07, 6.45) is 1.49. The molecule has 0 spiro atoms. The van der Waals surface area contributed by atoms with Gasteiger partial charge in [-0.25, -0.2) is 5.43 Å². The molecule has 15 nitrogen and oxygen atoms in total. The molecule has 0 fully saturated rings. The van der Waals surface area contributed by atoms with Gasteiger partial charge in [0.2, 0.25) is 23.6 Å². The van der Waals surface area contributed by atoms with Crippen molar-refractivity contribution in [3.05, 3.63) is 123 Å². The Labute approximate surface area is 249 Å². The zero-order valence-electron chi connectivity index (χ0n) is 22.9. The van der Waals surface area contributed by atoms with Crippen molar-refractivity contribution in [2.75, 3.05) is 23.2 Å². The summed E-state index contributed by atoms with van der Waals surface area (Å²) in [5.41, 5.74) is 3.96. The van der Waals surface area contributed by atoms with E-state index in [9.17, 15) is 20.2 Å². The zero-order valence-corrected chi connectivity index (χ0v) is 22.9. The number of nitro benzene ring substituents is 2. The molecule has 220 valence electrons. The molecule has 5 aromatic rings. The Hall–Kier alpha value is -6.64. The van der Waals surface area contributed by atoms with Gasteiger partial charge in [0, 0.05) is 17.4 Å². The van der Waals surface area contributed by atoms with E-state index in [-0.39, 0.29) is 35.1 Å². The number of nitrogens with zero attached hydrogens (tertiary/aromatic N) is 6. The maximum absolute atomic E-state index is 11.5. The number of anilines is 5. The van der Waals surface area contributed by atoms with E-state index in [1.807, 2.05) is 60.7 Å². The number of non-ortho nitro benzene ring substituents is 1. The molecule has 3 N–H and O–H groups in total. The Morgan fingerprint density at radius 1 is 0.705 bits per heavy atom. The molecule has 44 heavy (non-hydrogen) atoms. The van der Waals surface area contributed by atoms with E-state index in [0.717, 1.165) is 29.6 Å². The Kier molecular flexibility index (Phi) is 8.76. The third-order valence-electron chi connectivity index (χ3n) is 5.83. The number of para-hydroxylation sites is 2. The van der Waals surface area contributed by atoms with E-state index < -0.39 is 21.2 Å². The Morgan fingerprint density at radius 2 is 1.30 bits per heavy atom. The van der Waals surface area contributed by atoms with Crippen LogP contribution in [0.5, 0.6) is 17.2 Å². The van der Waals surface area contributed by atoms with Crippen LogP contribution in [0.3, 0.4) is 0 Å². The Balaban J connectivity index is 1.34. The van der Waals surface area contributed by atoms with E-state index in [0.29, 0.717) is 5.56 Å². The maximum Gasteiger partial charge on any atom is 0.318 e. The van der Waals surface area contributed by atoms with Crippen LogP contribution in [0.4, 0.5) is 40.6 Å². The third-order valence-corrected chi connectivity index (χ3v) is 5.83. The van der Waals surface area contributed by atoms with E-state index in [4.69, 9.17) is 9.47 Å². The quantitative estimate of drug-likeness (QED) is 0.0817. The number of methoxy groups -OCH3 is 1. The second kappa shape index (κ2) is 13.3. The molecule has 15 heteroatoms. The number of hydrazone groups is 1. The van der Waals surface area contributed by atoms with Crippen molar-refractivity contribution in [2.45, 2.75) is 0 Å². The van der Waals surface area contributed by atoms with E-state index >= 15 is 0 Å². The fraction of sp³-hybridized carbons (Fsp3) is 0.0345. The highest BCUT2D eigenvalue weighted by atomic mass is 16.6. The fourth-order valence-electron chi connectivity index (χ4n) is 3.82. The molecule has 0 unspecified atom stereocenters.